The Labute approximate surface area is 196 Å². The Bertz CT molecular complexity index is 743. The zero-order chi connectivity index (χ0) is 23.5. The minimum absolute atomic E-state index is 0.0298. The Balaban J connectivity index is 1.52. The first-order valence-electron chi connectivity index (χ1n) is 13.7. The van der Waals surface area contributed by atoms with E-state index in [0.29, 0.717) is 42.4 Å². The van der Waals surface area contributed by atoms with E-state index in [4.69, 9.17) is 0 Å². The quantitative estimate of drug-likeness (QED) is 0.502. The van der Waals surface area contributed by atoms with Crippen LogP contribution in [0.1, 0.15) is 112 Å². The van der Waals surface area contributed by atoms with Crippen molar-refractivity contribution in [3.63, 3.8) is 0 Å². The second kappa shape index (κ2) is 8.51. The van der Waals surface area contributed by atoms with Crippen molar-refractivity contribution in [3.8, 4) is 0 Å². The average Bonchev–Trinajstić information content (AvgIpc) is 3.08. The largest absolute Gasteiger partial charge is 0.381 e. The van der Waals surface area contributed by atoms with Gasteiger partial charge in [0.15, 0.2) is 5.78 Å². The summed E-state index contributed by atoms with van der Waals surface area (Å²) < 4.78 is 0. The summed E-state index contributed by atoms with van der Waals surface area (Å²) in [5.41, 5.74) is -1.50. The zero-order valence-corrected chi connectivity index (χ0v) is 21.6. The first-order chi connectivity index (χ1) is 15.0. The van der Waals surface area contributed by atoms with Crippen LogP contribution in [0.4, 0.5) is 0 Å². The molecule has 3 nitrogen and oxygen atoms in total. The molecule has 0 saturated heterocycles. The highest BCUT2D eigenvalue weighted by atomic mass is 16.3. The molecule has 0 amide bonds. The number of carbonyl (C=O) groups is 2. The van der Waals surface area contributed by atoms with Crippen LogP contribution in [0.25, 0.3) is 0 Å². The molecule has 0 heterocycles. The van der Waals surface area contributed by atoms with Gasteiger partial charge in [0.1, 0.15) is 11.4 Å². The number of hydrogen-bond donors (Lipinski definition) is 1. The third kappa shape index (κ3) is 3.55. The molecule has 4 saturated carbocycles. The number of Topliss-reactive ketones (excluding diaryl/α,β-unsaturated/α-hetero) is 2. The highest BCUT2D eigenvalue weighted by Gasteiger charge is 2.67. The van der Waals surface area contributed by atoms with E-state index >= 15 is 0 Å². The molecule has 1 N–H and O–H groups in total. The van der Waals surface area contributed by atoms with Crippen LogP contribution in [-0.2, 0) is 9.59 Å². The summed E-state index contributed by atoms with van der Waals surface area (Å²) in [7, 11) is 0. The smallest absolute Gasteiger partial charge is 0.165 e. The zero-order valence-electron chi connectivity index (χ0n) is 21.6. The van der Waals surface area contributed by atoms with Crippen LogP contribution in [0, 0.1) is 52.3 Å². The summed E-state index contributed by atoms with van der Waals surface area (Å²) in [6.45, 7) is 14.3. The van der Waals surface area contributed by atoms with Crippen LogP contribution in [0.3, 0.4) is 0 Å². The molecule has 0 spiro atoms. The summed E-state index contributed by atoms with van der Waals surface area (Å²) in [5, 5.41) is 11.5. The number of ketones is 2. The van der Waals surface area contributed by atoms with E-state index < -0.39 is 11.0 Å². The molecule has 0 aromatic heterocycles. The lowest BCUT2D eigenvalue weighted by Crippen LogP contribution is -2.66. The summed E-state index contributed by atoms with van der Waals surface area (Å²) in [6.07, 6.45) is 10.6. The highest BCUT2D eigenvalue weighted by Crippen LogP contribution is 2.68. The maximum absolute atomic E-state index is 13.3. The summed E-state index contributed by atoms with van der Waals surface area (Å²) in [6, 6.07) is 0. The van der Waals surface area contributed by atoms with Gasteiger partial charge in [0, 0.05) is 24.7 Å². The van der Waals surface area contributed by atoms with Gasteiger partial charge in [0.05, 0.1) is 0 Å². The number of aliphatic hydroxyl groups is 1. The topological polar surface area (TPSA) is 54.4 Å². The van der Waals surface area contributed by atoms with E-state index in [1.807, 2.05) is 0 Å². The van der Waals surface area contributed by atoms with Gasteiger partial charge in [0.25, 0.3) is 0 Å². The fraction of sp³-hybridized carbons (Fsp3) is 0.931. The fourth-order valence-corrected chi connectivity index (χ4v) is 9.50. The molecule has 0 aromatic carbocycles. The first-order valence-corrected chi connectivity index (χ1v) is 13.7. The number of hydrogen-bond acceptors (Lipinski definition) is 3. The molecule has 4 aliphatic rings. The first kappa shape index (κ1) is 24.4. The van der Waals surface area contributed by atoms with Crippen molar-refractivity contribution in [2.45, 2.75) is 118 Å². The average molecular weight is 445 g/mol. The van der Waals surface area contributed by atoms with E-state index in [1.54, 1.807) is 0 Å². The van der Waals surface area contributed by atoms with Crippen molar-refractivity contribution in [2.24, 2.45) is 52.3 Å². The van der Waals surface area contributed by atoms with Crippen LogP contribution in [0.15, 0.2) is 0 Å². The normalized spacial score (nSPS) is 45.9. The van der Waals surface area contributed by atoms with Crippen molar-refractivity contribution in [1.82, 2.24) is 0 Å². The lowest BCUT2D eigenvalue weighted by molar-refractivity contribution is -0.203. The molecule has 9 atom stereocenters. The van der Waals surface area contributed by atoms with Crippen LogP contribution < -0.4 is 0 Å². The van der Waals surface area contributed by atoms with Crippen molar-refractivity contribution < 1.29 is 14.7 Å². The Hall–Kier alpha value is -0.700. The number of fused-ring (bicyclic) bond motifs is 5. The van der Waals surface area contributed by atoms with E-state index in [2.05, 4.69) is 41.5 Å². The molecule has 0 aromatic rings. The van der Waals surface area contributed by atoms with Crippen LogP contribution >= 0.6 is 0 Å². The van der Waals surface area contributed by atoms with Gasteiger partial charge in [-0.15, -0.1) is 0 Å². The van der Waals surface area contributed by atoms with Gasteiger partial charge in [-0.25, -0.2) is 0 Å². The summed E-state index contributed by atoms with van der Waals surface area (Å²) in [5.74, 6) is 4.53. The summed E-state index contributed by atoms with van der Waals surface area (Å²) in [4.78, 5) is 25.5. The molecule has 182 valence electrons. The van der Waals surface area contributed by atoms with Gasteiger partial charge >= 0.3 is 0 Å². The van der Waals surface area contributed by atoms with Gasteiger partial charge in [-0.1, -0.05) is 54.4 Å². The molecule has 0 bridgehead atoms. The minimum Gasteiger partial charge on any atom is -0.381 e. The highest BCUT2D eigenvalue weighted by molar-refractivity contribution is 5.96. The SMILES string of the molecule is CC[C@H](CC[C@@H](C)[C@H]1CC[C@H]2[C@@H]3CC(=O)[C@@]4(O)CC(=O)CC[C@]4(C)[C@H]3CC[C@]12C)C(C)C. The third-order valence-electron chi connectivity index (χ3n) is 11.7. The van der Waals surface area contributed by atoms with Gasteiger partial charge < -0.3 is 5.11 Å². The van der Waals surface area contributed by atoms with Crippen LogP contribution in [0.5, 0.6) is 0 Å². The maximum Gasteiger partial charge on any atom is 0.165 e. The van der Waals surface area contributed by atoms with E-state index in [9.17, 15) is 14.7 Å². The van der Waals surface area contributed by atoms with E-state index in [0.717, 1.165) is 30.1 Å². The van der Waals surface area contributed by atoms with Gasteiger partial charge in [0.2, 0.25) is 0 Å². The predicted octanol–water partition coefficient (Wildman–Crippen LogP) is 6.61. The number of rotatable bonds is 6. The second-order valence-electron chi connectivity index (χ2n) is 13.2. The molecular weight excluding hydrogens is 396 g/mol. The molecule has 0 unspecified atom stereocenters. The van der Waals surface area contributed by atoms with Crippen LogP contribution in [-0.4, -0.2) is 22.3 Å². The Morgan fingerprint density at radius 1 is 1.00 bits per heavy atom. The Morgan fingerprint density at radius 3 is 2.38 bits per heavy atom. The van der Waals surface area contributed by atoms with Crippen molar-refractivity contribution in [3.05, 3.63) is 0 Å². The lowest BCUT2D eigenvalue weighted by atomic mass is 9.42. The second-order valence-corrected chi connectivity index (χ2v) is 13.2. The van der Waals surface area contributed by atoms with Crippen molar-refractivity contribution >= 4 is 11.6 Å². The monoisotopic (exact) mass is 444 g/mol. The van der Waals surface area contributed by atoms with E-state index in [1.165, 1.54) is 38.5 Å². The van der Waals surface area contributed by atoms with Crippen molar-refractivity contribution in [2.75, 3.05) is 0 Å². The summed E-state index contributed by atoms with van der Waals surface area (Å²) >= 11 is 0. The van der Waals surface area contributed by atoms with E-state index in [-0.39, 0.29) is 18.0 Å². The molecular formula is C29H48O3. The van der Waals surface area contributed by atoms with Gasteiger partial charge in [-0.05, 0) is 85.4 Å². The number of carbonyl (C=O) groups excluding carboxylic acids is 2. The molecule has 3 heteroatoms. The lowest BCUT2D eigenvalue weighted by Gasteiger charge is -2.62. The van der Waals surface area contributed by atoms with Gasteiger partial charge in [-0.2, -0.15) is 0 Å². The molecule has 0 aliphatic heterocycles. The fourth-order valence-electron chi connectivity index (χ4n) is 9.50. The molecule has 32 heavy (non-hydrogen) atoms. The van der Waals surface area contributed by atoms with Crippen LogP contribution in [0.2, 0.25) is 0 Å². The predicted molar refractivity (Wildman–Crippen MR) is 129 cm³/mol. The molecule has 4 fully saturated rings. The Morgan fingerprint density at radius 2 is 1.72 bits per heavy atom. The Kier molecular flexibility index (Phi) is 6.49. The van der Waals surface area contributed by atoms with Gasteiger partial charge in [-0.3, -0.25) is 9.59 Å². The molecule has 4 rings (SSSR count). The maximum atomic E-state index is 13.3. The third-order valence-corrected chi connectivity index (χ3v) is 11.7. The minimum atomic E-state index is -1.41. The molecule has 0 radical (unpaired) electrons. The van der Waals surface area contributed by atoms with Crippen molar-refractivity contribution in [1.29, 1.82) is 0 Å². The molecule has 4 aliphatic carbocycles. The standard InChI is InChI=1S/C29H48O3/c1-7-20(18(2)3)9-8-19(4)23-10-11-24-22-16-26(31)29(32)17-21(30)12-15-28(29,6)25(22)13-14-27(23,24)5/h18-20,22-25,32H,7-17H2,1-6H3/t19-,20-,22+,23-,24+,25+,27-,28-,29+/m1/s1.